The molecule has 1 aromatic rings. The Labute approximate surface area is 116 Å². The summed E-state index contributed by atoms with van der Waals surface area (Å²) in [7, 11) is 1.63. The van der Waals surface area contributed by atoms with E-state index in [9.17, 15) is 13.2 Å². The molecule has 19 heavy (non-hydrogen) atoms. The molecule has 1 fully saturated rings. The van der Waals surface area contributed by atoms with E-state index >= 15 is 0 Å². The van der Waals surface area contributed by atoms with Gasteiger partial charge in [0.1, 0.15) is 5.78 Å². The number of hydrogen-bond donors (Lipinski definition) is 1. The second-order valence-corrected chi connectivity index (χ2v) is 7.92. The molecule has 4 nitrogen and oxygen atoms in total. The molecular formula is C13H14ClNO3S. The van der Waals surface area contributed by atoms with Crippen molar-refractivity contribution in [2.24, 2.45) is 0 Å². The third kappa shape index (κ3) is 1.83. The first-order valence-corrected chi connectivity index (χ1v) is 8.46. The fourth-order valence-corrected chi connectivity index (χ4v) is 4.14. The monoisotopic (exact) mass is 299 g/mol. The van der Waals surface area contributed by atoms with E-state index in [4.69, 9.17) is 10.7 Å². The first-order chi connectivity index (χ1) is 8.84. The number of fused-ring (bicyclic) bond motifs is 5. The van der Waals surface area contributed by atoms with E-state index in [2.05, 4.69) is 5.32 Å². The molecule has 0 radical (unpaired) electrons. The lowest BCUT2D eigenvalue weighted by Gasteiger charge is -2.32. The van der Waals surface area contributed by atoms with Crippen molar-refractivity contribution in [3.8, 4) is 0 Å². The number of Topliss-reactive ketones (excluding diaryl/α,β-unsaturated/α-hetero) is 1. The number of benzene rings is 1. The van der Waals surface area contributed by atoms with Crippen LogP contribution >= 0.6 is 10.7 Å². The predicted octanol–water partition coefficient (Wildman–Crippen LogP) is 1.53. The molecule has 0 spiro atoms. The molecule has 1 aliphatic heterocycles. The van der Waals surface area contributed by atoms with Crippen molar-refractivity contribution in [3.05, 3.63) is 29.3 Å². The van der Waals surface area contributed by atoms with Gasteiger partial charge in [0, 0.05) is 23.8 Å². The summed E-state index contributed by atoms with van der Waals surface area (Å²) < 4.78 is 22.9. The summed E-state index contributed by atoms with van der Waals surface area (Å²) in [5, 5.41) is 3.27. The minimum Gasteiger partial charge on any atom is -0.315 e. The van der Waals surface area contributed by atoms with E-state index < -0.39 is 14.5 Å². The van der Waals surface area contributed by atoms with Crippen molar-refractivity contribution in [2.75, 3.05) is 13.1 Å². The lowest BCUT2D eigenvalue weighted by Crippen LogP contribution is -2.46. The third-order valence-corrected chi connectivity index (χ3v) is 5.70. The third-order valence-electron chi connectivity index (χ3n) is 4.35. The number of rotatable bonds is 2. The molecule has 3 rings (SSSR count). The predicted molar refractivity (Wildman–Crippen MR) is 72.1 cm³/mol. The minimum atomic E-state index is -3.77. The van der Waals surface area contributed by atoms with Crippen LogP contribution in [0.15, 0.2) is 23.1 Å². The Kier molecular flexibility index (Phi) is 2.78. The molecule has 0 aromatic heterocycles. The zero-order valence-corrected chi connectivity index (χ0v) is 12.0. The maximum atomic E-state index is 12.1. The first-order valence-electron chi connectivity index (χ1n) is 6.15. The van der Waals surface area contributed by atoms with Gasteiger partial charge in [-0.25, -0.2) is 8.42 Å². The molecular weight excluding hydrogens is 286 g/mol. The molecule has 1 saturated heterocycles. The van der Waals surface area contributed by atoms with Crippen molar-refractivity contribution < 1.29 is 13.2 Å². The van der Waals surface area contributed by atoms with Gasteiger partial charge >= 0.3 is 0 Å². The highest BCUT2D eigenvalue weighted by Gasteiger charge is 2.49. The Morgan fingerprint density at radius 3 is 2.84 bits per heavy atom. The van der Waals surface area contributed by atoms with E-state index in [1.54, 1.807) is 19.1 Å². The zero-order chi connectivity index (χ0) is 13.8. The number of carbonyl (C=O) groups is 1. The van der Waals surface area contributed by atoms with Gasteiger partial charge in [-0.2, -0.15) is 0 Å². The topological polar surface area (TPSA) is 63.2 Å². The highest BCUT2D eigenvalue weighted by Crippen LogP contribution is 2.49. The van der Waals surface area contributed by atoms with Gasteiger partial charge in [0.05, 0.1) is 10.3 Å². The van der Waals surface area contributed by atoms with Crippen LogP contribution in [0.2, 0.25) is 0 Å². The number of piperidine rings is 1. The molecule has 1 heterocycles. The number of nitrogens with one attached hydrogen (secondary N) is 1. The van der Waals surface area contributed by atoms with Crippen LogP contribution in [0.4, 0.5) is 0 Å². The summed E-state index contributed by atoms with van der Waals surface area (Å²) in [5.74, 6) is 0.354. The second kappa shape index (κ2) is 4.04. The van der Waals surface area contributed by atoms with Gasteiger partial charge < -0.3 is 5.32 Å². The number of halogens is 1. The van der Waals surface area contributed by atoms with Crippen LogP contribution in [0.3, 0.4) is 0 Å². The molecule has 1 aliphatic carbocycles. The Morgan fingerprint density at radius 1 is 1.47 bits per heavy atom. The lowest BCUT2D eigenvalue weighted by atomic mass is 9.76. The number of hydrogen-bond acceptors (Lipinski definition) is 4. The largest absolute Gasteiger partial charge is 0.315 e. The number of carbonyl (C=O) groups excluding carboxylic acids is 1. The van der Waals surface area contributed by atoms with Crippen molar-refractivity contribution in [1.29, 1.82) is 0 Å². The van der Waals surface area contributed by atoms with E-state index in [0.29, 0.717) is 6.54 Å². The molecule has 6 heteroatoms. The van der Waals surface area contributed by atoms with Gasteiger partial charge in [-0.15, -0.1) is 0 Å². The van der Waals surface area contributed by atoms with Gasteiger partial charge in [-0.1, -0.05) is 6.07 Å². The summed E-state index contributed by atoms with van der Waals surface area (Å²) >= 11 is 0. The molecule has 2 unspecified atom stereocenters. The fraction of sp³-hybridized carbons (Fsp3) is 0.462. The highest BCUT2D eigenvalue weighted by molar-refractivity contribution is 8.13. The summed E-state index contributed by atoms with van der Waals surface area (Å²) in [4.78, 5) is 12.2. The molecule has 2 bridgehead atoms. The summed E-state index contributed by atoms with van der Waals surface area (Å²) in [6.45, 7) is 2.97. The normalized spacial score (nSPS) is 29.1. The lowest BCUT2D eigenvalue weighted by molar-refractivity contribution is -0.122. The van der Waals surface area contributed by atoms with E-state index in [1.807, 2.05) is 0 Å². The van der Waals surface area contributed by atoms with Gasteiger partial charge in [-0.05, 0) is 42.5 Å². The van der Waals surface area contributed by atoms with Crippen LogP contribution in [0.25, 0.3) is 0 Å². The maximum Gasteiger partial charge on any atom is 0.261 e. The molecule has 2 aliphatic rings. The molecule has 1 aromatic carbocycles. The fourth-order valence-electron chi connectivity index (χ4n) is 3.37. The summed E-state index contributed by atoms with van der Waals surface area (Å²) in [6, 6.07) is 4.90. The Morgan fingerprint density at radius 2 is 2.21 bits per heavy atom. The second-order valence-electron chi connectivity index (χ2n) is 5.36. The van der Waals surface area contributed by atoms with E-state index in [-0.39, 0.29) is 16.6 Å². The first kappa shape index (κ1) is 13.1. The van der Waals surface area contributed by atoms with E-state index in [0.717, 1.165) is 24.1 Å². The highest BCUT2D eigenvalue weighted by atomic mass is 35.7. The van der Waals surface area contributed by atoms with Gasteiger partial charge in [0.2, 0.25) is 0 Å². The maximum absolute atomic E-state index is 12.1. The van der Waals surface area contributed by atoms with E-state index in [1.165, 1.54) is 6.07 Å². The van der Waals surface area contributed by atoms with Crippen LogP contribution in [-0.2, 0) is 19.3 Å². The van der Waals surface area contributed by atoms with Crippen molar-refractivity contribution in [2.45, 2.75) is 29.6 Å². The zero-order valence-electron chi connectivity index (χ0n) is 10.4. The Hall–Kier alpha value is -0.910. The summed E-state index contributed by atoms with van der Waals surface area (Å²) in [5.41, 5.74) is 1.32. The average Bonchev–Trinajstić information content (AvgIpc) is 2.58. The van der Waals surface area contributed by atoms with Crippen molar-refractivity contribution in [1.82, 2.24) is 5.32 Å². The molecule has 0 saturated carbocycles. The van der Waals surface area contributed by atoms with Gasteiger partial charge in [0.15, 0.2) is 0 Å². The standard InChI is InChI=1S/C13H14ClNO3S/c1-8(16)13-5-9(6-15-7-13)11-3-2-10(4-12(11)13)19(14,17)18/h2-4,9,15H,5-7H2,1H3. The van der Waals surface area contributed by atoms with Crippen LogP contribution in [-0.4, -0.2) is 27.3 Å². The summed E-state index contributed by atoms with van der Waals surface area (Å²) in [6.07, 6.45) is 0.760. The molecule has 2 atom stereocenters. The van der Waals surface area contributed by atoms with Crippen molar-refractivity contribution in [3.63, 3.8) is 0 Å². The van der Waals surface area contributed by atoms with Crippen LogP contribution in [0, 0.1) is 0 Å². The van der Waals surface area contributed by atoms with Gasteiger partial charge in [0.25, 0.3) is 9.05 Å². The Bertz CT molecular complexity index is 670. The number of ketones is 1. The van der Waals surface area contributed by atoms with Crippen LogP contribution in [0.5, 0.6) is 0 Å². The molecule has 1 N–H and O–H groups in total. The minimum absolute atomic E-state index is 0.0705. The molecule has 0 amide bonds. The van der Waals surface area contributed by atoms with Crippen LogP contribution in [0.1, 0.15) is 30.4 Å². The quantitative estimate of drug-likeness (QED) is 0.841. The van der Waals surface area contributed by atoms with Gasteiger partial charge in [-0.3, -0.25) is 4.79 Å². The van der Waals surface area contributed by atoms with Crippen molar-refractivity contribution >= 4 is 25.5 Å². The molecule has 102 valence electrons. The Balaban J connectivity index is 2.24. The SMILES string of the molecule is CC(=O)C12CNCC(C1)c1ccc(S(=O)(=O)Cl)cc12. The smallest absolute Gasteiger partial charge is 0.261 e. The average molecular weight is 300 g/mol. The van der Waals surface area contributed by atoms with Crippen LogP contribution < -0.4 is 5.32 Å².